The predicted molar refractivity (Wildman–Crippen MR) is 119 cm³/mol. The summed E-state index contributed by atoms with van der Waals surface area (Å²) in [7, 11) is 0. The van der Waals surface area contributed by atoms with Crippen molar-refractivity contribution in [3.05, 3.63) is 92.8 Å². The van der Waals surface area contributed by atoms with Gasteiger partial charge < -0.3 is 10.2 Å². The molecule has 1 aliphatic heterocycles. The van der Waals surface area contributed by atoms with Gasteiger partial charge in [0.25, 0.3) is 0 Å². The van der Waals surface area contributed by atoms with Crippen LogP contribution in [0.4, 0.5) is 26.1 Å². The Kier molecular flexibility index (Phi) is 6.27. The fourth-order valence-electron chi connectivity index (χ4n) is 3.55. The molecule has 0 spiro atoms. The summed E-state index contributed by atoms with van der Waals surface area (Å²) < 4.78 is 27.4. The molecule has 0 unspecified atom stereocenters. The van der Waals surface area contributed by atoms with Crippen molar-refractivity contribution in [2.75, 3.05) is 23.3 Å². The van der Waals surface area contributed by atoms with E-state index < -0.39 is 16.6 Å². The standard InChI is InChI=1S/C22H18ClF2N5O2/c23-17-6-4-14(5-7-17)15-8-10-29(11-9-15)22-20(30(31)32)21(27-13-28-22)26-12-16-2-1-3-18(24)19(16)25/h1-8,13H,9-12H2,(H,26,27,28). The molecule has 0 radical (unpaired) electrons. The number of halogens is 3. The van der Waals surface area contributed by atoms with Gasteiger partial charge in [-0.3, -0.25) is 10.1 Å². The van der Waals surface area contributed by atoms with E-state index in [1.165, 1.54) is 18.5 Å². The number of hydrogen-bond donors (Lipinski definition) is 1. The average Bonchev–Trinajstić information content (AvgIpc) is 2.80. The molecule has 32 heavy (non-hydrogen) atoms. The SMILES string of the molecule is O=[N+]([O-])c1c(NCc2cccc(F)c2F)ncnc1N1CC=C(c2ccc(Cl)cc2)CC1. The average molecular weight is 458 g/mol. The number of aromatic nitrogens is 2. The van der Waals surface area contributed by atoms with Gasteiger partial charge in [0, 0.05) is 30.2 Å². The van der Waals surface area contributed by atoms with E-state index in [-0.39, 0.29) is 29.4 Å². The Morgan fingerprint density at radius 1 is 1.16 bits per heavy atom. The number of benzene rings is 2. The lowest BCUT2D eigenvalue weighted by Crippen LogP contribution is -2.30. The maximum atomic E-state index is 13.9. The zero-order chi connectivity index (χ0) is 22.7. The van der Waals surface area contributed by atoms with E-state index in [0.29, 0.717) is 24.5 Å². The van der Waals surface area contributed by atoms with Gasteiger partial charge >= 0.3 is 5.69 Å². The zero-order valence-corrected chi connectivity index (χ0v) is 17.5. The number of nitrogens with zero attached hydrogens (tertiary/aromatic N) is 4. The lowest BCUT2D eigenvalue weighted by Gasteiger charge is -2.27. The van der Waals surface area contributed by atoms with Crippen molar-refractivity contribution >= 4 is 34.5 Å². The number of nitro groups is 1. The Morgan fingerprint density at radius 3 is 2.62 bits per heavy atom. The van der Waals surface area contributed by atoms with Crippen LogP contribution in [0.3, 0.4) is 0 Å². The van der Waals surface area contributed by atoms with Gasteiger partial charge in [-0.2, -0.15) is 0 Å². The molecule has 164 valence electrons. The first-order chi connectivity index (χ1) is 15.4. The van der Waals surface area contributed by atoms with Crippen LogP contribution in [0, 0.1) is 21.7 Å². The topological polar surface area (TPSA) is 84.2 Å². The first kappa shape index (κ1) is 21.6. The van der Waals surface area contributed by atoms with Crippen molar-refractivity contribution in [3.8, 4) is 0 Å². The third-order valence-corrected chi connectivity index (χ3v) is 5.44. The van der Waals surface area contributed by atoms with Crippen LogP contribution in [0.1, 0.15) is 17.5 Å². The summed E-state index contributed by atoms with van der Waals surface area (Å²) in [5, 5.41) is 15.2. The van der Waals surface area contributed by atoms with Crippen molar-refractivity contribution in [2.24, 2.45) is 0 Å². The summed E-state index contributed by atoms with van der Waals surface area (Å²) in [5.41, 5.74) is 1.89. The minimum absolute atomic E-state index is 0.0352. The second-order valence-electron chi connectivity index (χ2n) is 7.15. The minimum atomic E-state index is -1.01. The Bertz CT molecular complexity index is 1190. The van der Waals surface area contributed by atoms with E-state index in [1.54, 1.807) is 4.90 Å². The van der Waals surface area contributed by atoms with Crippen molar-refractivity contribution < 1.29 is 13.7 Å². The third kappa shape index (κ3) is 4.52. The molecule has 0 saturated carbocycles. The van der Waals surface area contributed by atoms with E-state index in [1.807, 2.05) is 30.3 Å². The van der Waals surface area contributed by atoms with Crippen LogP contribution in [0.2, 0.25) is 5.02 Å². The van der Waals surface area contributed by atoms with Gasteiger partial charge in [-0.05, 0) is 35.8 Å². The van der Waals surface area contributed by atoms with Crippen LogP contribution in [0.25, 0.3) is 5.57 Å². The Balaban J connectivity index is 1.56. The second-order valence-corrected chi connectivity index (χ2v) is 7.59. The van der Waals surface area contributed by atoms with E-state index in [0.717, 1.165) is 17.2 Å². The van der Waals surface area contributed by atoms with Gasteiger partial charge in [-0.25, -0.2) is 18.7 Å². The van der Waals surface area contributed by atoms with Crippen molar-refractivity contribution in [1.82, 2.24) is 9.97 Å². The highest BCUT2D eigenvalue weighted by Crippen LogP contribution is 2.34. The molecule has 0 aliphatic carbocycles. The molecule has 0 amide bonds. The lowest BCUT2D eigenvalue weighted by molar-refractivity contribution is -0.383. The summed E-state index contributed by atoms with van der Waals surface area (Å²) in [6.07, 6.45) is 3.87. The van der Waals surface area contributed by atoms with E-state index in [9.17, 15) is 18.9 Å². The van der Waals surface area contributed by atoms with Crippen LogP contribution in [-0.2, 0) is 6.54 Å². The Morgan fingerprint density at radius 2 is 1.94 bits per heavy atom. The molecule has 0 fully saturated rings. The highest BCUT2D eigenvalue weighted by molar-refractivity contribution is 6.30. The largest absolute Gasteiger partial charge is 0.360 e. The molecular formula is C22H18ClF2N5O2. The van der Waals surface area contributed by atoms with Crippen LogP contribution in [-0.4, -0.2) is 28.0 Å². The monoisotopic (exact) mass is 457 g/mol. The van der Waals surface area contributed by atoms with Crippen LogP contribution < -0.4 is 10.2 Å². The summed E-state index contributed by atoms with van der Waals surface area (Å²) in [6.45, 7) is 0.777. The maximum absolute atomic E-state index is 13.9. The first-order valence-corrected chi connectivity index (χ1v) is 10.2. The first-order valence-electron chi connectivity index (χ1n) is 9.80. The maximum Gasteiger partial charge on any atom is 0.353 e. The summed E-state index contributed by atoms with van der Waals surface area (Å²) >= 11 is 5.95. The molecule has 0 atom stereocenters. The van der Waals surface area contributed by atoms with Gasteiger partial charge in [-0.15, -0.1) is 0 Å². The van der Waals surface area contributed by atoms with Crippen molar-refractivity contribution in [2.45, 2.75) is 13.0 Å². The molecule has 1 aromatic heterocycles. The van der Waals surface area contributed by atoms with Gasteiger partial charge in [-0.1, -0.05) is 41.9 Å². The van der Waals surface area contributed by atoms with Gasteiger partial charge in [0.2, 0.25) is 11.6 Å². The van der Waals surface area contributed by atoms with Crippen LogP contribution in [0.15, 0.2) is 54.9 Å². The molecule has 10 heteroatoms. The Labute approximate surface area is 187 Å². The summed E-state index contributed by atoms with van der Waals surface area (Å²) in [6, 6.07) is 11.3. The predicted octanol–water partition coefficient (Wildman–Crippen LogP) is 5.22. The van der Waals surface area contributed by atoms with Gasteiger partial charge in [0.05, 0.1) is 4.92 Å². The van der Waals surface area contributed by atoms with Crippen LogP contribution in [0.5, 0.6) is 0 Å². The second kappa shape index (κ2) is 9.27. The summed E-state index contributed by atoms with van der Waals surface area (Å²) in [5.74, 6) is -1.89. The highest BCUT2D eigenvalue weighted by atomic mass is 35.5. The molecule has 7 nitrogen and oxygen atoms in total. The molecule has 0 bridgehead atoms. The van der Waals surface area contributed by atoms with Gasteiger partial charge in [0.1, 0.15) is 6.33 Å². The molecule has 2 aromatic carbocycles. The van der Waals surface area contributed by atoms with Gasteiger partial charge in [0.15, 0.2) is 11.6 Å². The summed E-state index contributed by atoms with van der Waals surface area (Å²) in [4.78, 5) is 21.1. The molecule has 1 N–H and O–H groups in total. The minimum Gasteiger partial charge on any atom is -0.360 e. The fourth-order valence-corrected chi connectivity index (χ4v) is 3.68. The lowest BCUT2D eigenvalue weighted by atomic mass is 9.99. The third-order valence-electron chi connectivity index (χ3n) is 5.19. The molecule has 3 aromatic rings. The van der Waals surface area contributed by atoms with E-state index in [4.69, 9.17) is 11.6 Å². The number of rotatable bonds is 6. The van der Waals surface area contributed by atoms with E-state index in [2.05, 4.69) is 15.3 Å². The smallest absolute Gasteiger partial charge is 0.353 e. The highest BCUT2D eigenvalue weighted by Gasteiger charge is 2.28. The molecular weight excluding hydrogens is 440 g/mol. The molecule has 1 aliphatic rings. The Hall–Kier alpha value is -3.59. The fraction of sp³-hybridized carbons (Fsp3) is 0.182. The number of hydrogen-bond acceptors (Lipinski definition) is 6. The van der Waals surface area contributed by atoms with E-state index >= 15 is 0 Å². The molecule has 4 rings (SSSR count). The van der Waals surface area contributed by atoms with Crippen molar-refractivity contribution in [1.29, 1.82) is 0 Å². The zero-order valence-electron chi connectivity index (χ0n) is 16.8. The van der Waals surface area contributed by atoms with Crippen LogP contribution >= 0.6 is 11.6 Å². The molecule has 2 heterocycles. The number of nitrogens with one attached hydrogen (secondary N) is 1. The quantitative estimate of drug-likeness (QED) is 0.403. The molecule has 0 saturated heterocycles. The van der Waals surface area contributed by atoms with Crippen molar-refractivity contribution in [3.63, 3.8) is 0 Å². The number of anilines is 2. The normalized spacial score (nSPS) is 13.6.